The molecule has 2 aromatic carbocycles. The normalized spacial score (nSPS) is 18.6. The molecular weight excluding hydrogens is 360 g/mol. The number of nitrogens with zero attached hydrogens (tertiary/aromatic N) is 1. The third-order valence-electron chi connectivity index (χ3n) is 4.67. The molecular formula is C20H18N4O4. The quantitative estimate of drug-likeness (QED) is 0.753. The monoisotopic (exact) mass is 378 g/mol. The lowest BCUT2D eigenvalue weighted by atomic mass is 9.93. The van der Waals surface area contributed by atoms with Crippen molar-refractivity contribution in [3.05, 3.63) is 77.0 Å². The summed E-state index contributed by atoms with van der Waals surface area (Å²) in [6.45, 7) is 0.0582. The second-order valence-corrected chi connectivity index (χ2v) is 6.40. The van der Waals surface area contributed by atoms with E-state index in [0.29, 0.717) is 22.6 Å². The van der Waals surface area contributed by atoms with E-state index in [-0.39, 0.29) is 12.5 Å². The fraction of sp³-hybridized carbons (Fsp3) is 0.150. The standard InChI is InChI=1S/C20H18N4O4/c1-28-14-9-7-13(8-10-14)19(26)24-11-15-16(18(25)23-24)17(22-20(27)21-15)12-5-3-2-4-6-12/h2-10,17H,11H2,1H3,(H,23,25)(H2,21,22,27). The average molecular weight is 378 g/mol. The topological polar surface area (TPSA) is 99.8 Å². The maximum atomic E-state index is 12.8. The van der Waals surface area contributed by atoms with Crippen LogP contribution in [0.1, 0.15) is 22.0 Å². The molecule has 4 rings (SSSR count). The summed E-state index contributed by atoms with van der Waals surface area (Å²) in [6, 6.07) is 14.8. The molecule has 1 unspecified atom stereocenters. The molecule has 0 radical (unpaired) electrons. The molecule has 3 N–H and O–H groups in total. The van der Waals surface area contributed by atoms with Crippen LogP contribution in [0.3, 0.4) is 0 Å². The Morgan fingerprint density at radius 1 is 1.07 bits per heavy atom. The summed E-state index contributed by atoms with van der Waals surface area (Å²) in [7, 11) is 1.54. The van der Waals surface area contributed by atoms with Crippen molar-refractivity contribution in [1.29, 1.82) is 0 Å². The molecule has 142 valence electrons. The van der Waals surface area contributed by atoms with E-state index >= 15 is 0 Å². The smallest absolute Gasteiger partial charge is 0.319 e. The summed E-state index contributed by atoms with van der Waals surface area (Å²) >= 11 is 0. The second kappa shape index (κ2) is 7.07. The summed E-state index contributed by atoms with van der Waals surface area (Å²) in [4.78, 5) is 37.7. The van der Waals surface area contributed by atoms with E-state index < -0.39 is 18.0 Å². The largest absolute Gasteiger partial charge is 0.497 e. The highest BCUT2D eigenvalue weighted by Gasteiger charge is 2.38. The molecule has 0 spiro atoms. The zero-order valence-electron chi connectivity index (χ0n) is 15.1. The van der Waals surface area contributed by atoms with Gasteiger partial charge in [0.15, 0.2) is 0 Å². The molecule has 2 aromatic rings. The minimum absolute atomic E-state index is 0.0582. The average Bonchev–Trinajstić information content (AvgIpc) is 2.73. The zero-order chi connectivity index (χ0) is 19.7. The molecule has 0 bridgehead atoms. The number of carbonyl (C=O) groups excluding carboxylic acids is 3. The Morgan fingerprint density at radius 3 is 2.46 bits per heavy atom. The summed E-state index contributed by atoms with van der Waals surface area (Å²) in [5.41, 5.74) is 4.60. The third-order valence-corrected chi connectivity index (χ3v) is 4.67. The molecule has 28 heavy (non-hydrogen) atoms. The number of benzene rings is 2. The van der Waals surface area contributed by atoms with Crippen LogP contribution in [0.15, 0.2) is 65.9 Å². The Morgan fingerprint density at radius 2 is 1.79 bits per heavy atom. The molecule has 0 fully saturated rings. The second-order valence-electron chi connectivity index (χ2n) is 6.40. The first-order chi connectivity index (χ1) is 13.6. The van der Waals surface area contributed by atoms with Gasteiger partial charge in [-0.2, -0.15) is 0 Å². The van der Waals surface area contributed by atoms with Crippen molar-refractivity contribution < 1.29 is 19.1 Å². The van der Waals surface area contributed by atoms with Gasteiger partial charge in [-0.1, -0.05) is 30.3 Å². The number of hydrogen-bond donors (Lipinski definition) is 3. The molecule has 1 atom stereocenters. The Labute approximate surface area is 161 Å². The minimum Gasteiger partial charge on any atom is -0.497 e. The highest BCUT2D eigenvalue weighted by Crippen LogP contribution is 2.29. The van der Waals surface area contributed by atoms with E-state index in [9.17, 15) is 14.4 Å². The number of carbonyl (C=O) groups is 3. The number of amides is 4. The van der Waals surface area contributed by atoms with Crippen molar-refractivity contribution >= 4 is 17.8 Å². The lowest BCUT2D eigenvalue weighted by molar-refractivity contribution is -0.122. The van der Waals surface area contributed by atoms with Gasteiger partial charge in [0.25, 0.3) is 11.8 Å². The van der Waals surface area contributed by atoms with Crippen LogP contribution in [-0.2, 0) is 4.79 Å². The Hall–Kier alpha value is -3.81. The summed E-state index contributed by atoms with van der Waals surface area (Å²) < 4.78 is 5.09. The first-order valence-electron chi connectivity index (χ1n) is 8.69. The number of hydrazine groups is 1. The SMILES string of the molecule is COc1ccc(C(=O)N2CC3=C(C(=O)N2)C(c2ccccc2)NC(=O)N3)cc1. The number of hydrogen-bond acceptors (Lipinski definition) is 4. The van der Waals surface area contributed by atoms with Crippen molar-refractivity contribution in [3.8, 4) is 5.75 Å². The summed E-state index contributed by atoms with van der Waals surface area (Å²) in [5, 5.41) is 6.61. The highest BCUT2D eigenvalue weighted by molar-refractivity contribution is 6.03. The molecule has 2 heterocycles. The Kier molecular flexibility index (Phi) is 4.44. The molecule has 8 heteroatoms. The molecule has 2 aliphatic heterocycles. The van der Waals surface area contributed by atoms with Gasteiger partial charge in [0.2, 0.25) is 0 Å². The van der Waals surface area contributed by atoms with E-state index in [1.165, 1.54) is 5.01 Å². The van der Waals surface area contributed by atoms with E-state index in [2.05, 4.69) is 16.1 Å². The van der Waals surface area contributed by atoms with Crippen LogP contribution in [0.5, 0.6) is 5.75 Å². The van der Waals surface area contributed by atoms with Crippen LogP contribution in [-0.4, -0.2) is 36.5 Å². The van der Waals surface area contributed by atoms with E-state index in [1.54, 1.807) is 31.4 Å². The van der Waals surface area contributed by atoms with Gasteiger partial charge in [0.05, 0.1) is 31.0 Å². The van der Waals surface area contributed by atoms with Gasteiger partial charge in [0, 0.05) is 5.56 Å². The predicted molar refractivity (Wildman–Crippen MR) is 100 cm³/mol. The number of nitrogens with one attached hydrogen (secondary N) is 3. The fourth-order valence-corrected chi connectivity index (χ4v) is 3.30. The molecule has 0 saturated heterocycles. The van der Waals surface area contributed by atoms with E-state index in [4.69, 9.17) is 4.74 Å². The zero-order valence-corrected chi connectivity index (χ0v) is 15.1. The molecule has 4 amide bonds. The minimum atomic E-state index is -0.580. The van der Waals surface area contributed by atoms with Crippen molar-refractivity contribution in [3.63, 3.8) is 0 Å². The van der Waals surface area contributed by atoms with Gasteiger partial charge in [-0.05, 0) is 29.8 Å². The molecule has 2 aliphatic rings. The third kappa shape index (κ3) is 3.16. The maximum absolute atomic E-state index is 12.8. The molecule has 0 aliphatic carbocycles. The Balaban J connectivity index is 1.63. The summed E-state index contributed by atoms with van der Waals surface area (Å²) in [5.74, 6) is -0.198. The lowest BCUT2D eigenvalue weighted by Crippen LogP contribution is -2.58. The van der Waals surface area contributed by atoms with Crippen LogP contribution in [0.2, 0.25) is 0 Å². The van der Waals surface area contributed by atoms with Gasteiger partial charge >= 0.3 is 6.03 Å². The van der Waals surface area contributed by atoms with E-state index in [1.807, 2.05) is 30.3 Å². The predicted octanol–water partition coefficient (Wildman–Crippen LogP) is 1.49. The van der Waals surface area contributed by atoms with Crippen molar-refractivity contribution in [2.24, 2.45) is 0 Å². The first-order valence-corrected chi connectivity index (χ1v) is 8.69. The maximum Gasteiger partial charge on any atom is 0.319 e. The molecule has 0 saturated carbocycles. The number of rotatable bonds is 3. The van der Waals surface area contributed by atoms with Crippen molar-refractivity contribution in [1.82, 2.24) is 21.1 Å². The highest BCUT2D eigenvalue weighted by atomic mass is 16.5. The molecule has 0 aromatic heterocycles. The van der Waals surface area contributed by atoms with Gasteiger partial charge in [-0.15, -0.1) is 0 Å². The van der Waals surface area contributed by atoms with Crippen LogP contribution in [0.4, 0.5) is 4.79 Å². The van der Waals surface area contributed by atoms with Crippen LogP contribution in [0.25, 0.3) is 0 Å². The van der Waals surface area contributed by atoms with Gasteiger partial charge in [0.1, 0.15) is 5.75 Å². The van der Waals surface area contributed by atoms with E-state index in [0.717, 1.165) is 5.56 Å². The Bertz CT molecular complexity index is 969. The summed E-state index contributed by atoms with van der Waals surface area (Å²) in [6.07, 6.45) is 0. The molecule has 8 nitrogen and oxygen atoms in total. The lowest BCUT2D eigenvalue weighted by Gasteiger charge is -2.37. The van der Waals surface area contributed by atoms with Crippen LogP contribution in [0, 0.1) is 0 Å². The van der Waals surface area contributed by atoms with Crippen molar-refractivity contribution in [2.45, 2.75) is 6.04 Å². The van der Waals surface area contributed by atoms with Crippen molar-refractivity contribution in [2.75, 3.05) is 13.7 Å². The van der Waals surface area contributed by atoms with Gasteiger partial charge < -0.3 is 15.4 Å². The number of ether oxygens (including phenoxy) is 1. The first kappa shape index (κ1) is 17.6. The fourth-order valence-electron chi connectivity index (χ4n) is 3.30. The van der Waals surface area contributed by atoms with Crippen LogP contribution >= 0.6 is 0 Å². The van der Waals surface area contributed by atoms with Crippen LogP contribution < -0.4 is 20.8 Å². The van der Waals surface area contributed by atoms with Gasteiger partial charge in [-0.25, -0.2) is 9.80 Å². The number of methoxy groups -OCH3 is 1. The number of urea groups is 1. The van der Waals surface area contributed by atoms with Gasteiger partial charge in [-0.3, -0.25) is 15.0 Å².